The summed E-state index contributed by atoms with van der Waals surface area (Å²) in [4.78, 5) is 2.43. The van der Waals surface area contributed by atoms with Crippen LogP contribution >= 0.6 is 0 Å². The fraction of sp³-hybridized carbons (Fsp3) is 0.917. The first kappa shape index (κ1) is 12.5. The van der Waals surface area contributed by atoms with Gasteiger partial charge in [-0.15, -0.1) is 0 Å². The maximum Gasteiger partial charge on any atom is 0.0666 e. The fourth-order valence-electron chi connectivity index (χ4n) is 2.15. The van der Waals surface area contributed by atoms with Gasteiger partial charge >= 0.3 is 0 Å². The maximum atomic E-state index is 8.75. The highest BCUT2D eigenvalue weighted by Crippen LogP contribution is 2.17. The van der Waals surface area contributed by atoms with Gasteiger partial charge < -0.3 is 10.2 Å². The Morgan fingerprint density at radius 3 is 2.67 bits per heavy atom. The molecule has 1 saturated heterocycles. The first-order chi connectivity index (χ1) is 7.26. The van der Waals surface area contributed by atoms with E-state index in [9.17, 15) is 0 Å². The van der Waals surface area contributed by atoms with Crippen LogP contribution in [0.15, 0.2) is 0 Å². The number of hydrogen-bond donors (Lipinski definition) is 1. The van der Waals surface area contributed by atoms with E-state index in [2.05, 4.69) is 23.2 Å². The molecule has 1 N–H and O–H groups in total. The largest absolute Gasteiger partial charge is 0.317 e. The number of nitriles is 1. The second kappa shape index (κ2) is 6.81. The number of nitrogens with one attached hydrogen (secondary N) is 1. The molecule has 0 aromatic rings. The standard InChI is InChI=1S/C12H23N3/c1-3-14-9-12-4-6-15(7-5-12)10-11(2)8-13/h11-12,14H,3-7,9-10H2,1-2H3. The van der Waals surface area contributed by atoms with Crippen LogP contribution in [-0.4, -0.2) is 37.6 Å². The summed E-state index contributed by atoms with van der Waals surface area (Å²) in [5.41, 5.74) is 0. The lowest BCUT2D eigenvalue weighted by atomic mass is 9.96. The second-order valence-electron chi connectivity index (χ2n) is 4.58. The third-order valence-corrected chi connectivity index (χ3v) is 3.14. The number of nitrogens with zero attached hydrogens (tertiary/aromatic N) is 2. The van der Waals surface area contributed by atoms with Crippen LogP contribution in [-0.2, 0) is 0 Å². The Labute approximate surface area is 93.5 Å². The van der Waals surface area contributed by atoms with E-state index in [1.165, 1.54) is 25.9 Å². The molecule has 0 radical (unpaired) electrons. The van der Waals surface area contributed by atoms with E-state index in [0.29, 0.717) is 0 Å². The minimum Gasteiger partial charge on any atom is -0.317 e. The number of hydrogen-bond acceptors (Lipinski definition) is 3. The molecule has 1 heterocycles. The molecule has 1 unspecified atom stereocenters. The molecule has 0 spiro atoms. The molecule has 1 aliphatic heterocycles. The Bertz CT molecular complexity index is 201. The lowest BCUT2D eigenvalue weighted by Gasteiger charge is -2.32. The van der Waals surface area contributed by atoms with Gasteiger partial charge in [-0.3, -0.25) is 0 Å². The van der Waals surface area contributed by atoms with Gasteiger partial charge in [-0.05, 0) is 51.9 Å². The Hall–Kier alpha value is -0.590. The van der Waals surface area contributed by atoms with Gasteiger partial charge in [0, 0.05) is 6.54 Å². The Balaban J connectivity index is 2.15. The van der Waals surface area contributed by atoms with Crippen molar-refractivity contribution in [3.8, 4) is 6.07 Å². The molecule has 1 rings (SSSR count). The quantitative estimate of drug-likeness (QED) is 0.745. The molecule has 0 aromatic heterocycles. The normalized spacial score (nSPS) is 21.1. The molecule has 0 amide bonds. The summed E-state index contributed by atoms with van der Waals surface area (Å²) in [6.45, 7) is 9.69. The average molecular weight is 209 g/mol. The van der Waals surface area contributed by atoms with Crippen molar-refractivity contribution < 1.29 is 0 Å². The van der Waals surface area contributed by atoms with E-state index in [0.717, 1.165) is 25.6 Å². The topological polar surface area (TPSA) is 39.1 Å². The summed E-state index contributed by atoms with van der Waals surface area (Å²) in [6, 6.07) is 2.30. The van der Waals surface area contributed by atoms with E-state index in [-0.39, 0.29) is 5.92 Å². The summed E-state index contributed by atoms with van der Waals surface area (Å²) < 4.78 is 0. The molecule has 0 aliphatic carbocycles. The molecule has 86 valence electrons. The summed E-state index contributed by atoms with van der Waals surface area (Å²) in [6.07, 6.45) is 2.57. The van der Waals surface area contributed by atoms with Crippen LogP contribution in [0.2, 0.25) is 0 Å². The lowest BCUT2D eigenvalue weighted by molar-refractivity contribution is 0.173. The van der Waals surface area contributed by atoms with Gasteiger partial charge in [0.1, 0.15) is 0 Å². The van der Waals surface area contributed by atoms with Crippen molar-refractivity contribution in [2.75, 3.05) is 32.7 Å². The second-order valence-corrected chi connectivity index (χ2v) is 4.58. The minimum atomic E-state index is 0.176. The van der Waals surface area contributed by atoms with Crippen molar-refractivity contribution in [2.45, 2.75) is 26.7 Å². The maximum absolute atomic E-state index is 8.75. The first-order valence-corrected chi connectivity index (χ1v) is 6.09. The van der Waals surface area contributed by atoms with Crippen molar-refractivity contribution >= 4 is 0 Å². The Morgan fingerprint density at radius 2 is 2.13 bits per heavy atom. The van der Waals surface area contributed by atoms with Gasteiger partial charge in [-0.2, -0.15) is 5.26 Å². The molecule has 3 nitrogen and oxygen atoms in total. The third kappa shape index (κ3) is 4.63. The highest BCUT2D eigenvalue weighted by Gasteiger charge is 2.19. The zero-order chi connectivity index (χ0) is 11.1. The molecular weight excluding hydrogens is 186 g/mol. The smallest absolute Gasteiger partial charge is 0.0666 e. The fourth-order valence-corrected chi connectivity index (χ4v) is 2.15. The zero-order valence-corrected chi connectivity index (χ0v) is 10.00. The summed E-state index contributed by atoms with van der Waals surface area (Å²) in [7, 11) is 0. The monoisotopic (exact) mass is 209 g/mol. The first-order valence-electron chi connectivity index (χ1n) is 6.09. The summed E-state index contributed by atoms with van der Waals surface area (Å²) in [5.74, 6) is 1.02. The van der Waals surface area contributed by atoms with Crippen molar-refractivity contribution in [3.63, 3.8) is 0 Å². The van der Waals surface area contributed by atoms with Crippen LogP contribution < -0.4 is 5.32 Å². The number of piperidine rings is 1. The summed E-state index contributed by atoms with van der Waals surface area (Å²) >= 11 is 0. The van der Waals surface area contributed by atoms with E-state index in [1.54, 1.807) is 0 Å². The SMILES string of the molecule is CCNCC1CCN(CC(C)C#N)CC1. The van der Waals surface area contributed by atoms with Crippen molar-refractivity contribution in [1.82, 2.24) is 10.2 Å². The molecule has 1 fully saturated rings. The van der Waals surface area contributed by atoms with Gasteiger partial charge in [-0.1, -0.05) is 6.92 Å². The number of rotatable bonds is 5. The highest BCUT2D eigenvalue weighted by molar-refractivity contribution is 4.83. The lowest BCUT2D eigenvalue weighted by Crippen LogP contribution is -2.39. The van der Waals surface area contributed by atoms with E-state index >= 15 is 0 Å². The molecular formula is C12H23N3. The Kier molecular flexibility index (Phi) is 5.67. The number of likely N-dealkylation sites (tertiary alicyclic amines) is 1. The van der Waals surface area contributed by atoms with Crippen LogP contribution in [0.25, 0.3) is 0 Å². The van der Waals surface area contributed by atoms with E-state index in [1.807, 2.05) is 6.92 Å². The van der Waals surface area contributed by atoms with E-state index < -0.39 is 0 Å². The van der Waals surface area contributed by atoms with Gasteiger partial charge in [0.25, 0.3) is 0 Å². The molecule has 1 aliphatic rings. The predicted octanol–water partition coefficient (Wildman–Crippen LogP) is 1.47. The molecule has 1 atom stereocenters. The van der Waals surface area contributed by atoms with Crippen LogP contribution in [0.1, 0.15) is 26.7 Å². The van der Waals surface area contributed by atoms with E-state index in [4.69, 9.17) is 5.26 Å². The van der Waals surface area contributed by atoms with Crippen LogP contribution in [0.4, 0.5) is 0 Å². The van der Waals surface area contributed by atoms with Gasteiger partial charge in [0.05, 0.1) is 12.0 Å². The minimum absolute atomic E-state index is 0.176. The van der Waals surface area contributed by atoms with Crippen molar-refractivity contribution in [3.05, 3.63) is 0 Å². The molecule has 0 bridgehead atoms. The summed E-state index contributed by atoms with van der Waals surface area (Å²) in [5, 5.41) is 12.2. The Morgan fingerprint density at radius 1 is 1.47 bits per heavy atom. The van der Waals surface area contributed by atoms with Crippen LogP contribution in [0.5, 0.6) is 0 Å². The average Bonchev–Trinajstić information content (AvgIpc) is 2.28. The van der Waals surface area contributed by atoms with Crippen LogP contribution in [0.3, 0.4) is 0 Å². The predicted molar refractivity (Wildman–Crippen MR) is 62.5 cm³/mol. The molecule has 15 heavy (non-hydrogen) atoms. The van der Waals surface area contributed by atoms with Crippen molar-refractivity contribution in [1.29, 1.82) is 5.26 Å². The molecule has 0 aromatic carbocycles. The zero-order valence-electron chi connectivity index (χ0n) is 10.00. The van der Waals surface area contributed by atoms with Gasteiger partial charge in [-0.25, -0.2) is 0 Å². The molecule has 3 heteroatoms. The van der Waals surface area contributed by atoms with Crippen molar-refractivity contribution in [2.24, 2.45) is 11.8 Å². The third-order valence-electron chi connectivity index (χ3n) is 3.14. The van der Waals surface area contributed by atoms with Gasteiger partial charge in [0.15, 0.2) is 0 Å². The van der Waals surface area contributed by atoms with Crippen LogP contribution in [0, 0.1) is 23.2 Å². The van der Waals surface area contributed by atoms with Gasteiger partial charge in [0.2, 0.25) is 0 Å². The highest BCUT2D eigenvalue weighted by atomic mass is 15.1. The molecule has 0 saturated carbocycles.